The lowest BCUT2D eigenvalue weighted by Gasteiger charge is -2.23. The fourth-order valence-corrected chi connectivity index (χ4v) is 3.40. The molecule has 4 N–H and O–H groups in total. The number of anilines is 1. The van der Waals surface area contributed by atoms with Gasteiger partial charge in [0.05, 0.1) is 23.6 Å². The first kappa shape index (κ1) is 21.9. The normalized spacial score (nSPS) is 11.3. The van der Waals surface area contributed by atoms with Crippen molar-refractivity contribution in [3.8, 4) is 0 Å². The van der Waals surface area contributed by atoms with Crippen molar-refractivity contribution in [3.05, 3.63) is 16.0 Å². The van der Waals surface area contributed by atoms with Gasteiger partial charge in [-0.25, -0.2) is 4.79 Å². The summed E-state index contributed by atoms with van der Waals surface area (Å²) in [4.78, 5) is 38.6. The van der Waals surface area contributed by atoms with Crippen LogP contribution < -0.4 is 16.4 Å². The summed E-state index contributed by atoms with van der Waals surface area (Å²) in [5.74, 6) is -1.05. The van der Waals surface area contributed by atoms with E-state index in [4.69, 9.17) is 10.5 Å². The van der Waals surface area contributed by atoms with Crippen LogP contribution >= 0.6 is 11.3 Å². The number of rotatable bonds is 7. The van der Waals surface area contributed by atoms with Crippen molar-refractivity contribution < 1.29 is 19.1 Å². The Labute approximate surface area is 158 Å². The average Bonchev–Trinajstić information content (AvgIpc) is 2.80. The first-order chi connectivity index (χ1) is 12.0. The van der Waals surface area contributed by atoms with E-state index in [0.29, 0.717) is 10.4 Å². The minimum atomic E-state index is -0.570. The van der Waals surface area contributed by atoms with Gasteiger partial charge in [0.2, 0.25) is 5.91 Å². The van der Waals surface area contributed by atoms with Crippen molar-refractivity contribution in [1.29, 1.82) is 0 Å². The Bertz CT molecular complexity index is 679. The maximum absolute atomic E-state index is 12.3. The van der Waals surface area contributed by atoms with E-state index < -0.39 is 5.97 Å². The second kappa shape index (κ2) is 9.00. The highest BCUT2D eigenvalue weighted by molar-refractivity contribution is 7.18. The van der Waals surface area contributed by atoms with Crippen LogP contribution in [-0.4, -0.2) is 55.5 Å². The fourth-order valence-electron chi connectivity index (χ4n) is 2.39. The third kappa shape index (κ3) is 5.99. The Kier molecular flexibility index (Phi) is 7.58. The maximum Gasteiger partial charge on any atom is 0.341 e. The smallest absolute Gasteiger partial charge is 0.341 e. The molecule has 0 aliphatic rings. The van der Waals surface area contributed by atoms with E-state index in [1.807, 2.05) is 20.8 Å². The van der Waals surface area contributed by atoms with Gasteiger partial charge < -0.3 is 21.1 Å². The van der Waals surface area contributed by atoms with Crippen LogP contribution in [-0.2, 0) is 16.1 Å². The number of carbonyl (C=O) groups is 3. The molecule has 0 aromatic carbocycles. The number of thiophene rings is 1. The summed E-state index contributed by atoms with van der Waals surface area (Å²) in [7, 11) is 3.24. The zero-order valence-corrected chi connectivity index (χ0v) is 17.0. The highest BCUT2D eigenvalue weighted by atomic mass is 32.1. The van der Waals surface area contributed by atoms with E-state index in [1.165, 1.54) is 7.05 Å². The van der Waals surface area contributed by atoms with E-state index >= 15 is 0 Å². The Morgan fingerprint density at radius 1 is 1.27 bits per heavy atom. The molecule has 0 unspecified atom stereocenters. The molecule has 1 heterocycles. The summed E-state index contributed by atoms with van der Waals surface area (Å²) < 4.78 is 5.06. The Hall–Kier alpha value is -2.13. The van der Waals surface area contributed by atoms with Crippen molar-refractivity contribution in [2.24, 2.45) is 0 Å². The molecule has 8 nitrogen and oxygen atoms in total. The van der Waals surface area contributed by atoms with E-state index in [2.05, 4.69) is 10.6 Å². The molecular formula is C17H28N4O4S. The summed E-state index contributed by atoms with van der Waals surface area (Å²) in [5.41, 5.74) is 6.29. The van der Waals surface area contributed by atoms with Gasteiger partial charge in [0.25, 0.3) is 5.91 Å². The maximum atomic E-state index is 12.3. The molecule has 0 saturated heterocycles. The van der Waals surface area contributed by atoms with Crippen molar-refractivity contribution in [1.82, 2.24) is 15.5 Å². The molecule has 1 aromatic rings. The van der Waals surface area contributed by atoms with Crippen LogP contribution in [0.5, 0.6) is 0 Å². The third-order valence-corrected chi connectivity index (χ3v) is 4.36. The van der Waals surface area contributed by atoms with Gasteiger partial charge in [0.1, 0.15) is 5.00 Å². The highest BCUT2D eigenvalue weighted by Crippen LogP contribution is 2.32. The lowest BCUT2D eigenvalue weighted by molar-refractivity contribution is -0.123. The summed E-state index contributed by atoms with van der Waals surface area (Å²) in [5, 5.41) is 5.64. The number of carbonyl (C=O) groups excluding carboxylic acids is 3. The number of nitrogens with two attached hydrogens (primary N) is 1. The van der Waals surface area contributed by atoms with Crippen LogP contribution in [0.2, 0.25) is 0 Å². The molecular weight excluding hydrogens is 356 g/mol. The SMILES string of the molecule is CCOC(=O)c1c(N)sc(C(=O)NC)c1CN(C)CC(=O)NC(C)(C)C. The molecule has 2 amide bonds. The third-order valence-electron chi connectivity index (χ3n) is 3.30. The topological polar surface area (TPSA) is 114 Å². The number of likely N-dealkylation sites (N-methyl/N-ethyl adjacent to an activating group) is 1. The molecule has 0 radical (unpaired) electrons. The lowest BCUT2D eigenvalue weighted by Crippen LogP contribution is -2.45. The summed E-state index contributed by atoms with van der Waals surface area (Å²) in [6.45, 7) is 7.91. The number of nitrogens with zero attached hydrogens (tertiary/aromatic N) is 1. The van der Waals surface area contributed by atoms with E-state index in [-0.39, 0.29) is 47.6 Å². The largest absolute Gasteiger partial charge is 0.462 e. The molecule has 0 bridgehead atoms. The lowest BCUT2D eigenvalue weighted by atomic mass is 10.1. The number of esters is 1. The second-order valence-electron chi connectivity index (χ2n) is 6.92. The minimum absolute atomic E-state index is 0.114. The minimum Gasteiger partial charge on any atom is -0.462 e. The van der Waals surface area contributed by atoms with Crippen LogP contribution in [0.4, 0.5) is 5.00 Å². The quantitative estimate of drug-likeness (QED) is 0.609. The standard InChI is InChI=1S/C17H28N4O4S/c1-7-25-16(24)12-10(13(15(23)19-5)26-14(12)18)8-21(6)9-11(22)20-17(2,3)4/h7-9,18H2,1-6H3,(H,19,23)(H,20,22). The van der Waals surface area contributed by atoms with Gasteiger partial charge in [-0.2, -0.15) is 0 Å². The fraction of sp³-hybridized carbons (Fsp3) is 0.588. The Morgan fingerprint density at radius 2 is 1.88 bits per heavy atom. The van der Waals surface area contributed by atoms with E-state index in [0.717, 1.165) is 11.3 Å². The molecule has 0 aliphatic carbocycles. The molecule has 0 atom stereocenters. The van der Waals surface area contributed by atoms with Crippen molar-refractivity contribution in [2.75, 3.05) is 33.0 Å². The molecule has 146 valence electrons. The van der Waals surface area contributed by atoms with Crippen LogP contribution in [0.25, 0.3) is 0 Å². The summed E-state index contributed by atoms with van der Waals surface area (Å²) >= 11 is 1.04. The second-order valence-corrected chi connectivity index (χ2v) is 7.97. The zero-order valence-electron chi connectivity index (χ0n) is 16.2. The molecule has 0 aliphatic heterocycles. The van der Waals surface area contributed by atoms with Crippen LogP contribution in [0.15, 0.2) is 0 Å². The van der Waals surface area contributed by atoms with Gasteiger partial charge >= 0.3 is 5.97 Å². The summed E-state index contributed by atoms with van der Waals surface area (Å²) in [6, 6.07) is 0. The molecule has 9 heteroatoms. The highest BCUT2D eigenvalue weighted by Gasteiger charge is 2.27. The van der Waals surface area contributed by atoms with Gasteiger partial charge in [0, 0.05) is 24.7 Å². The number of amides is 2. The number of nitrogens with one attached hydrogen (secondary N) is 2. The molecule has 1 rings (SSSR count). The van der Waals surface area contributed by atoms with Crippen molar-refractivity contribution >= 4 is 34.1 Å². The van der Waals surface area contributed by atoms with Crippen molar-refractivity contribution in [3.63, 3.8) is 0 Å². The van der Waals surface area contributed by atoms with Crippen molar-refractivity contribution in [2.45, 2.75) is 39.8 Å². The molecule has 26 heavy (non-hydrogen) atoms. The Morgan fingerprint density at radius 3 is 2.38 bits per heavy atom. The molecule has 0 fully saturated rings. The number of nitrogen functional groups attached to an aromatic ring is 1. The van der Waals surface area contributed by atoms with Gasteiger partial charge in [-0.3, -0.25) is 14.5 Å². The predicted molar refractivity (Wildman–Crippen MR) is 102 cm³/mol. The average molecular weight is 385 g/mol. The Balaban J connectivity index is 3.10. The number of hydrogen-bond donors (Lipinski definition) is 3. The van der Waals surface area contributed by atoms with Crippen LogP contribution in [0, 0.1) is 0 Å². The predicted octanol–water partition coefficient (Wildman–Crippen LogP) is 1.21. The van der Waals surface area contributed by atoms with Gasteiger partial charge in [-0.15, -0.1) is 11.3 Å². The molecule has 0 spiro atoms. The molecule has 1 aromatic heterocycles. The van der Waals surface area contributed by atoms with Gasteiger partial charge in [-0.1, -0.05) is 0 Å². The van der Waals surface area contributed by atoms with Gasteiger partial charge in [0.15, 0.2) is 0 Å². The van der Waals surface area contributed by atoms with E-state index in [9.17, 15) is 14.4 Å². The first-order valence-corrected chi connectivity index (χ1v) is 9.11. The number of ether oxygens (including phenoxy) is 1. The number of hydrogen-bond acceptors (Lipinski definition) is 7. The zero-order chi connectivity index (χ0) is 20.1. The monoisotopic (exact) mass is 384 g/mol. The molecule has 0 saturated carbocycles. The van der Waals surface area contributed by atoms with Gasteiger partial charge in [-0.05, 0) is 34.7 Å². The first-order valence-electron chi connectivity index (χ1n) is 8.30. The summed E-state index contributed by atoms with van der Waals surface area (Å²) in [6.07, 6.45) is 0. The van der Waals surface area contributed by atoms with Crippen LogP contribution in [0.1, 0.15) is 53.3 Å². The van der Waals surface area contributed by atoms with Crippen LogP contribution in [0.3, 0.4) is 0 Å². The van der Waals surface area contributed by atoms with E-state index in [1.54, 1.807) is 18.9 Å².